The van der Waals surface area contributed by atoms with Gasteiger partial charge < -0.3 is 15.3 Å². The van der Waals surface area contributed by atoms with Gasteiger partial charge in [0, 0.05) is 26.1 Å². The second-order valence-electron chi connectivity index (χ2n) is 5.42. The number of nitrogens with one attached hydrogen (secondary N) is 1. The zero-order valence-corrected chi connectivity index (χ0v) is 12.6. The number of rotatable bonds is 6. The number of para-hydroxylation sites is 1. The normalized spacial score (nSPS) is 17.0. The molecule has 1 aromatic carbocycles. The molecule has 2 rings (SSSR count). The standard InChI is InChI=1S/C15H19ClN2O3/c1-10(15(20)21)11-8-18(9-11)7-6-14(19)17-13-5-3-2-4-12(13)16/h2-5,10-11H,6-9H2,1H3,(H,17,19)(H,20,21). The maximum absolute atomic E-state index is 11.8. The molecule has 114 valence electrons. The summed E-state index contributed by atoms with van der Waals surface area (Å²) in [6, 6.07) is 7.11. The minimum absolute atomic E-state index is 0.0853. The van der Waals surface area contributed by atoms with Crippen molar-refractivity contribution in [3.63, 3.8) is 0 Å². The molecule has 2 N–H and O–H groups in total. The molecule has 0 radical (unpaired) electrons. The van der Waals surface area contributed by atoms with Crippen LogP contribution < -0.4 is 5.32 Å². The highest BCUT2D eigenvalue weighted by Gasteiger charge is 2.34. The molecule has 1 aromatic rings. The number of hydrogen-bond donors (Lipinski definition) is 2. The zero-order valence-electron chi connectivity index (χ0n) is 11.9. The van der Waals surface area contributed by atoms with Gasteiger partial charge in [0.2, 0.25) is 5.91 Å². The van der Waals surface area contributed by atoms with Gasteiger partial charge >= 0.3 is 5.97 Å². The number of carboxylic acid groups (broad SMARTS) is 1. The number of hydrogen-bond acceptors (Lipinski definition) is 3. The molecule has 0 bridgehead atoms. The van der Waals surface area contributed by atoms with E-state index >= 15 is 0 Å². The number of likely N-dealkylation sites (tertiary alicyclic amines) is 1. The first-order valence-corrected chi connectivity index (χ1v) is 7.34. The largest absolute Gasteiger partial charge is 0.481 e. The first-order valence-electron chi connectivity index (χ1n) is 6.97. The van der Waals surface area contributed by atoms with Crippen LogP contribution in [0.5, 0.6) is 0 Å². The predicted octanol–water partition coefficient (Wildman–Crippen LogP) is 2.32. The lowest BCUT2D eigenvalue weighted by Gasteiger charge is -2.41. The predicted molar refractivity (Wildman–Crippen MR) is 81.4 cm³/mol. The number of carbonyl (C=O) groups is 2. The van der Waals surface area contributed by atoms with Crippen LogP contribution >= 0.6 is 11.6 Å². The maximum Gasteiger partial charge on any atom is 0.306 e. The van der Waals surface area contributed by atoms with Crippen LogP contribution in [0.2, 0.25) is 5.02 Å². The zero-order chi connectivity index (χ0) is 15.4. The van der Waals surface area contributed by atoms with E-state index in [9.17, 15) is 9.59 Å². The first kappa shape index (κ1) is 15.8. The molecule has 5 nitrogen and oxygen atoms in total. The Labute approximate surface area is 128 Å². The van der Waals surface area contributed by atoms with Gasteiger partial charge in [0.1, 0.15) is 0 Å². The molecular formula is C15H19ClN2O3. The van der Waals surface area contributed by atoms with E-state index in [2.05, 4.69) is 10.2 Å². The lowest BCUT2D eigenvalue weighted by Crippen LogP contribution is -2.51. The maximum atomic E-state index is 11.8. The second kappa shape index (κ2) is 6.91. The van der Waals surface area contributed by atoms with Crippen LogP contribution in [0.3, 0.4) is 0 Å². The van der Waals surface area contributed by atoms with Crippen LogP contribution in [-0.2, 0) is 9.59 Å². The van der Waals surface area contributed by atoms with E-state index in [0.717, 1.165) is 13.1 Å². The Morgan fingerprint density at radius 3 is 2.71 bits per heavy atom. The van der Waals surface area contributed by atoms with E-state index in [4.69, 9.17) is 16.7 Å². The minimum atomic E-state index is -0.754. The fraction of sp³-hybridized carbons (Fsp3) is 0.467. The number of carboxylic acids is 1. The summed E-state index contributed by atoms with van der Waals surface area (Å²) in [4.78, 5) is 24.8. The third-order valence-corrected chi connectivity index (χ3v) is 4.21. The van der Waals surface area contributed by atoms with E-state index in [1.54, 1.807) is 19.1 Å². The highest BCUT2D eigenvalue weighted by atomic mass is 35.5. The van der Waals surface area contributed by atoms with Crippen molar-refractivity contribution in [3.05, 3.63) is 29.3 Å². The Bertz CT molecular complexity index is 529. The molecule has 0 aromatic heterocycles. The van der Waals surface area contributed by atoms with E-state index in [-0.39, 0.29) is 17.7 Å². The summed E-state index contributed by atoms with van der Waals surface area (Å²) >= 11 is 5.97. The van der Waals surface area contributed by atoms with Crippen LogP contribution in [0.15, 0.2) is 24.3 Å². The van der Waals surface area contributed by atoms with Crippen LogP contribution in [0, 0.1) is 11.8 Å². The van der Waals surface area contributed by atoms with Crippen molar-refractivity contribution in [1.82, 2.24) is 4.90 Å². The Morgan fingerprint density at radius 2 is 2.10 bits per heavy atom. The molecule has 21 heavy (non-hydrogen) atoms. The third kappa shape index (κ3) is 4.19. The molecule has 0 saturated carbocycles. The Balaban J connectivity index is 1.70. The minimum Gasteiger partial charge on any atom is -0.481 e. The van der Waals surface area contributed by atoms with Gasteiger partial charge in [0.05, 0.1) is 16.6 Å². The summed E-state index contributed by atoms with van der Waals surface area (Å²) in [6.07, 6.45) is 0.374. The monoisotopic (exact) mass is 310 g/mol. The highest BCUT2D eigenvalue weighted by Crippen LogP contribution is 2.24. The summed E-state index contributed by atoms with van der Waals surface area (Å²) in [5.74, 6) is -0.971. The van der Waals surface area contributed by atoms with Crippen molar-refractivity contribution in [2.75, 3.05) is 25.0 Å². The second-order valence-corrected chi connectivity index (χ2v) is 5.83. The smallest absolute Gasteiger partial charge is 0.306 e. The molecular weight excluding hydrogens is 292 g/mol. The molecule has 1 heterocycles. The number of halogens is 1. The molecule has 1 saturated heterocycles. The first-order chi connectivity index (χ1) is 9.97. The molecule has 6 heteroatoms. The van der Waals surface area contributed by atoms with Gasteiger partial charge in [-0.1, -0.05) is 30.7 Å². The lowest BCUT2D eigenvalue weighted by molar-refractivity contribution is -0.145. The van der Waals surface area contributed by atoms with Gasteiger partial charge in [-0.3, -0.25) is 9.59 Å². The van der Waals surface area contributed by atoms with Crippen molar-refractivity contribution in [2.45, 2.75) is 13.3 Å². The molecule has 1 unspecified atom stereocenters. The molecule has 0 aliphatic carbocycles. The molecule has 0 spiro atoms. The van der Waals surface area contributed by atoms with E-state index in [1.807, 2.05) is 12.1 Å². The summed E-state index contributed by atoms with van der Waals surface area (Å²) in [7, 11) is 0. The van der Waals surface area contributed by atoms with Crippen molar-refractivity contribution in [2.24, 2.45) is 11.8 Å². The number of amides is 1. The van der Waals surface area contributed by atoms with Crippen LogP contribution in [0.4, 0.5) is 5.69 Å². The van der Waals surface area contributed by atoms with Gasteiger partial charge in [0.25, 0.3) is 0 Å². The number of carbonyl (C=O) groups excluding carboxylic acids is 1. The van der Waals surface area contributed by atoms with E-state index in [1.165, 1.54) is 0 Å². The van der Waals surface area contributed by atoms with Crippen LogP contribution in [0.1, 0.15) is 13.3 Å². The van der Waals surface area contributed by atoms with Crippen molar-refractivity contribution >= 4 is 29.2 Å². The molecule has 1 fully saturated rings. The summed E-state index contributed by atoms with van der Waals surface area (Å²) in [5.41, 5.74) is 0.616. The Morgan fingerprint density at radius 1 is 1.43 bits per heavy atom. The molecule has 1 aliphatic heterocycles. The van der Waals surface area contributed by atoms with Crippen molar-refractivity contribution in [1.29, 1.82) is 0 Å². The number of anilines is 1. The van der Waals surface area contributed by atoms with Gasteiger partial charge in [0.15, 0.2) is 0 Å². The highest BCUT2D eigenvalue weighted by molar-refractivity contribution is 6.33. The van der Waals surface area contributed by atoms with Crippen molar-refractivity contribution in [3.8, 4) is 0 Å². The summed E-state index contributed by atoms with van der Waals surface area (Å²) in [5, 5.41) is 12.2. The fourth-order valence-corrected chi connectivity index (χ4v) is 2.53. The molecule has 1 aliphatic rings. The van der Waals surface area contributed by atoms with Gasteiger partial charge in [-0.15, -0.1) is 0 Å². The number of nitrogens with zero attached hydrogens (tertiary/aromatic N) is 1. The average Bonchev–Trinajstić information content (AvgIpc) is 2.39. The van der Waals surface area contributed by atoms with Crippen LogP contribution in [-0.4, -0.2) is 41.5 Å². The van der Waals surface area contributed by atoms with E-state index in [0.29, 0.717) is 23.7 Å². The van der Waals surface area contributed by atoms with E-state index < -0.39 is 5.97 Å². The van der Waals surface area contributed by atoms with Crippen molar-refractivity contribution < 1.29 is 14.7 Å². The van der Waals surface area contributed by atoms with Gasteiger partial charge in [-0.05, 0) is 18.1 Å². The molecule has 1 amide bonds. The Kier molecular flexibility index (Phi) is 5.20. The van der Waals surface area contributed by atoms with Gasteiger partial charge in [-0.25, -0.2) is 0 Å². The quantitative estimate of drug-likeness (QED) is 0.846. The lowest BCUT2D eigenvalue weighted by atomic mass is 9.87. The molecule has 1 atom stereocenters. The summed E-state index contributed by atoms with van der Waals surface area (Å²) in [6.45, 7) is 3.85. The average molecular weight is 311 g/mol. The number of aliphatic carboxylic acids is 1. The summed E-state index contributed by atoms with van der Waals surface area (Å²) < 4.78 is 0. The Hall–Kier alpha value is -1.59. The topological polar surface area (TPSA) is 69.6 Å². The number of benzene rings is 1. The van der Waals surface area contributed by atoms with Crippen LogP contribution in [0.25, 0.3) is 0 Å². The fourth-order valence-electron chi connectivity index (χ4n) is 2.35. The SMILES string of the molecule is CC(C(=O)O)C1CN(CCC(=O)Nc2ccccc2Cl)C1. The van der Waals surface area contributed by atoms with Gasteiger partial charge in [-0.2, -0.15) is 0 Å². The third-order valence-electron chi connectivity index (χ3n) is 3.89.